The van der Waals surface area contributed by atoms with Crippen LogP contribution in [0.25, 0.3) is 0 Å². The number of hydrogen-bond donors (Lipinski definition) is 2. The van der Waals surface area contributed by atoms with E-state index in [0.717, 1.165) is 24.2 Å². The number of rotatable bonds is 8. The molecule has 0 saturated heterocycles. The molecule has 29 heavy (non-hydrogen) atoms. The number of guanidine groups is 1. The van der Waals surface area contributed by atoms with Crippen LogP contribution in [0.15, 0.2) is 53.5 Å². The van der Waals surface area contributed by atoms with Gasteiger partial charge in [0.1, 0.15) is 5.75 Å². The number of carbonyl (C=O) groups excluding carboxylic acids is 2. The summed E-state index contributed by atoms with van der Waals surface area (Å²) in [4.78, 5) is 30.2. The molecule has 7 nitrogen and oxygen atoms in total. The van der Waals surface area contributed by atoms with Gasteiger partial charge in [0.25, 0.3) is 11.8 Å². The van der Waals surface area contributed by atoms with Gasteiger partial charge in [-0.3, -0.25) is 19.5 Å². The number of ether oxygens (including phenoxy) is 1. The second-order valence-electron chi connectivity index (χ2n) is 6.68. The second kappa shape index (κ2) is 9.73. The molecular formula is C22H26N4O3. The molecule has 1 aliphatic rings. The summed E-state index contributed by atoms with van der Waals surface area (Å²) in [5, 5.41) is 6.51. The van der Waals surface area contributed by atoms with Crippen LogP contribution < -0.4 is 15.4 Å². The molecule has 1 aliphatic heterocycles. The SMILES string of the molecule is CN=C(NCCCCN1C(=O)c2ccccc2C1=O)NCc1ccccc1OC. The van der Waals surface area contributed by atoms with E-state index in [4.69, 9.17) is 4.74 Å². The fourth-order valence-electron chi connectivity index (χ4n) is 3.29. The van der Waals surface area contributed by atoms with Crippen LogP contribution in [0, 0.1) is 0 Å². The summed E-state index contributed by atoms with van der Waals surface area (Å²) in [7, 11) is 3.37. The van der Waals surface area contributed by atoms with Crippen molar-refractivity contribution in [2.75, 3.05) is 27.2 Å². The van der Waals surface area contributed by atoms with E-state index in [9.17, 15) is 9.59 Å². The minimum Gasteiger partial charge on any atom is -0.496 e. The van der Waals surface area contributed by atoms with Gasteiger partial charge in [0.05, 0.1) is 18.2 Å². The number of nitrogens with one attached hydrogen (secondary N) is 2. The predicted octanol–water partition coefficient (Wildman–Crippen LogP) is 2.44. The Labute approximate surface area is 170 Å². The molecule has 0 aliphatic carbocycles. The monoisotopic (exact) mass is 394 g/mol. The van der Waals surface area contributed by atoms with Crippen LogP contribution in [-0.4, -0.2) is 49.9 Å². The Morgan fingerprint density at radius 2 is 1.62 bits per heavy atom. The molecule has 1 heterocycles. The minimum absolute atomic E-state index is 0.201. The lowest BCUT2D eigenvalue weighted by atomic mass is 10.1. The van der Waals surface area contributed by atoms with Gasteiger partial charge < -0.3 is 15.4 Å². The molecule has 0 saturated carbocycles. The number of imide groups is 1. The summed E-state index contributed by atoms with van der Waals surface area (Å²) < 4.78 is 5.35. The average molecular weight is 394 g/mol. The molecule has 2 aromatic carbocycles. The van der Waals surface area contributed by atoms with Crippen LogP contribution in [0.5, 0.6) is 5.75 Å². The number of amides is 2. The van der Waals surface area contributed by atoms with Crippen LogP contribution in [0.1, 0.15) is 39.1 Å². The minimum atomic E-state index is -0.201. The summed E-state index contributed by atoms with van der Waals surface area (Å²) in [6, 6.07) is 14.8. The number of para-hydroxylation sites is 1. The van der Waals surface area contributed by atoms with Crippen LogP contribution in [0.4, 0.5) is 0 Å². The molecule has 2 aromatic rings. The van der Waals surface area contributed by atoms with Gasteiger partial charge in [0.2, 0.25) is 0 Å². The summed E-state index contributed by atoms with van der Waals surface area (Å²) in [5.74, 6) is 1.12. The number of benzene rings is 2. The van der Waals surface area contributed by atoms with Gasteiger partial charge in [-0.25, -0.2) is 0 Å². The third-order valence-electron chi connectivity index (χ3n) is 4.84. The van der Waals surface area contributed by atoms with Gasteiger partial charge in [-0.2, -0.15) is 0 Å². The molecule has 7 heteroatoms. The molecule has 0 radical (unpaired) electrons. The lowest BCUT2D eigenvalue weighted by molar-refractivity contribution is 0.0652. The highest BCUT2D eigenvalue weighted by Gasteiger charge is 2.34. The fraction of sp³-hybridized carbons (Fsp3) is 0.318. The van der Waals surface area contributed by atoms with Crippen molar-refractivity contribution in [2.45, 2.75) is 19.4 Å². The number of nitrogens with zero attached hydrogens (tertiary/aromatic N) is 2. The Balaban J connectivity index is 1.40. The number of methoxy groups -OCH3 is 1. The largest absolute Gasteiger partial charge is 0.496 e. The number of unbranched alkanes of at least 4 members (excludes halogenated alkanes) is 1. The summed E-state index contributed by atoms with van der Waals surface area (Å²) in [6.07, 6.45) is 1.53. The quantitative estimate of drug-likeness (QED) is 0.311. The topological polar surface area (TPSA) is 83.0 Å². The number of hydrogen-bond acceptors (Lipinski definition) is 4. The molecule has 0 fully saturated rings. The molecular weight excluding hydrogens is 368 g/mol. The third kappa shape index (κ3) is 4.74. The molecule has 0 atom stereocenters. The molecule has 2 N–H and O–H groups in total. The Hall–Kier alpha value is -3.35. The van der Waals surface area contributed by atoms with E-state index in [1.165, 1.54) is 4.90 Å². The molecule has 0 aromatic heterocycles. The Bertz CT molecular complexity index is 875. The molecule has 3 rings (SSSR count). The third-order valence-corrected chi connectivity index (χ3v) is 4.84. The van der Waals surface area contributed by atoms with Gasteiger partial charge in [0, 0.05) is 32.2 Å². The fourth-order valence-corrected chi connectivity index (χ4v) is 3.29. The van der Waals surface area contributed by atoms with E-state index in [1.54, 1.807) is 38.4 Å². The summed E-state index contributed by atoms with van der Waals surface area (Å²) in [5.41, 5.74) is 2.04. The van der Waals surface area contributed by atoms with E-state index >= 15 is 0 Å². The van der Waals surface area contributed by atoms with Crippen LogP contribution in [-0.2, 0) is 6.54 Å². The first-order valence-electron chi connectivity index (χ1n) is 9.67. The summed E-state index contributed by atoms with van der Waals surface area (Å²) in [6.45, 7) is 1.70. The molecule has 0 spiro atoms. The number of fused-ring (bicyclic) bond motifs is 1. The highest BCUT2D eigenvalue weighted by Crippen LogP contribution is 2.22. The van der Waals surface area contributed by atoms with Gasteiger partial charge in [0.15, 0.2) is 5.96 Å². The van der Waals surface area contributed by atoms with E-state index in [0.29, 0.717) is 36.7 Å². The van der Waals surface area contributed by atoms with Crippen LogP contribution in [0.2, 0.25) is 0 Å². The van der Waals surface area contributed by atoms with Crippen LogP contribution in [0.3, 0.4) is 0 Å². The molecule has 152 valence electrons. The first-order valence-corrected chi connectivity index (χ1v) is 9.67. The Kier molecular flexibility index (Phi) is 6.84. The smallest absolute Gasteiger partial charge is 0.261 e. The second-order valence-corrected chi connectivity index (χ2v) is 6.68. The number of aliphatic imine (C=N–C) groups is 1. The van der Waals surface area contributed by atoms with Crippen molar-refractivity contribution in [2.24, 2.45) is 4.99 Å². The highest BCUT2D eigenvalue weighted by molar-refractivity contribution is 6.21. The van der Waals surface area contributed by atoms with E-state index < -0.39 is 0 Å². The van der Waals surface area contributed by atoms with Gasteiger partial charge in [-0.05, 0) is 31.0 Å². The van der Waals surface area contributed by atoms with E-state index in [2.05, 4.69) is 15.6 Å². The lowest BCUT2D eigenvalue weighted by Crippen LogP contribution is -2.37. The molecule has 2 amide bonds. The Morgan fingerprint density at radius 3 is 2.28 bits per heavy atom. The predicted molar refractivity (Wildman–Crippen MR) is 112 cm³/mol. The van der Waals surface area contributed by atoms with Gasteiger partial charge >= 0.3 is 0 Å². The normalized spacial score (nSPS) is 13.4. The maximum atomic E-state index is 12.3. The molecule has 0 unspecified atom stereocenters. The standard InChI is InChI=1S/C22H26N4O3/c1-23-22(25-15-16-9-3-6-12-19(16)29-2)24-13-7-8-14-26-20(27)17-10-4-5-11-18(17)21(26)28/h3-6,9-12H,7-8,13-15H2,1-2H3,(H2,23,24,25). The van der Waals surface area contributed by atoms with Crippen molar-refractivity contribution in [1.29, 1.82) is 0 Å². The maximum absolute atomic E-state index is 12.3. The van der Waals surface area contributed by atoms with Crippen molar-refractivity contribution in [3.05, 3.63) is 65.2 Å². The van der Waals surface area contributed by atoms with Crippen molar-refractivity contribution in [1.82, 2.24) is 15.5 Å². The van der Waals surface area contributed by atoms with Crippen molar-refractivity contribution in [3.63, 3.8) is 0 Å². The van der Waals surface area contributed by atoms with Crippen molar-refractivity contribution >= 4 is 17.8 Å². The van der Waals surface area contributed by atoms with Crippen LogP contribution >= 0.6 is 0 Å². The highest BCUT2D eigenvalue weighted by atomic mass is 16.5. The summed E-state index contributed by atoms with van der Waals surface area (Å²) >= 11 is 0. The average Bonchev–Trinajstić information content (AvgIpc) is 3.00. The lowest BCUT2D eigenvalue weighted by Gasteiger charge is -2.15. The van der Waals surface area contributed by atoms with Gasteiger partial charge in [-0.1, -0.05) is 30.3 Å². The first kappa shape index (κ1) is 20.4. The maximum Gasteiger partial charge on any atom is 0.261 e. The zero-order chi connectivity index (χ0) is 20.6. The molecule has 0 bridgehead atoms. The first-order chi connectivity index (χ1) is 14.2. The zero-order valence-corrected chi connectivity index (χ0v) is 16.8. The number of carbonyl (C=O) groups is 2. The van der Waals surface area contributed by atoms with E-state index in [-0.39, 0.29) is 11.8 Å². The van der Waals surface area contributed by atoms with E-state index in [1.807, 2.05) is 24.3 Å². The zero-order valence-electron chi connectivity index (χ0n) is 16.8. The van der Waals surface area contributed by atoms with Crippen molar-refractivity contribution in [3.8, 4) is 5.75 Å². The Morgan fingerprint density at radius 1 is 0.966 bits per heavy atom. The van der Waals surface area contributed by atoms with Gasteiger partial charge in [-0.15, -0.1) is 0 Å². The van der Waals surface area contributed by atoms with Crippen molar-refractivity contribution < 1.29 is 14.3 Å².